The number of carbonyl (C=O) groups is 2. The van der Waals surface area contributed by atoms with Gasteiger partial charge in [0.2, 0.25) is 12.0 Å². The minimum absolute atomic E-state index is 0.151. The molecule has 2 N–H and O–H groups in total. The second-order valence-corrected chi connectivity index (χ2v) is 6.55. The maximum absolute atomic E-state index is 12.9. The highest BCUT2D eigenvalue weighted by molar-refractivity contribution is 5.86. The van der Waals surface area contributed by atoms with E-state index in [1.165, 1.54) is 24.3 Å². The van der Waals surface area contributed by atoms with Crippen molar-refractivity contribution in [1.29, 1.82) is 0 Å². The van der Waals surface area contributed by atoms with E-state index in [9.17, 15) is 19.1 Å². The maximum atomic E-state index is 12.9. The lowest BCUT2D eigenvalue weighted by molar-refractivity contribution is -0.145. The van der Waals surface area contributed by atoms with Crippen LogP contribution in [0.1, 0.15) is 18.4 Å². The zero-order valence-corrected chi connectivity index (χ0v) is 14.2. The zero-order valence-electron chi connectivity index (χ0n) is 14.2. The molecular weight excluding hydrogens is 337 g/mol. The molecule has 136 valence electrons. The number of rotatable bonds is 8. The monoisotopic (exact) mass is 357 g/mol. The van der Waals surface area contributed by atoms with E-state index in [4.69, 9.17) is 4.74 Å². The first-order valence-corrected chi connectivity index (χ1v) is 8.46. The molecule has 0 spiro atoms. The molecule has 0 saturated heterocycles. The summed E-state index contributed by atoms with van der Waals surface area (Å²) in [5, 5.41) is 12.0. The topological polar surface area (TPSA) is 75.6 Å². The lowest BCUT2D eigenvalue weighted by Gasteiger charge is -2.19. The number of amides is 1. The summed E-state index contributed by atoms with van der Waals surface area (Å²) in [7, 11) is 0. The molecule has 0 heterocycles. The van der Waals surface area contributed by atoms with Crippen LogP contribution in [0.2, 0.25) is 0 Å². The number of hydrogen-bond donors (Lipinski definition) is 2. The molecule has 0 radical (unpaired) electrons. The van der Waals surface area contributed by atoms with Crippen LogP contribution >= 0.6 is 0 Å². The van der Waals surface area contributed by atoms with Crippen LogP contribution in [0.25, 0.3) is 0 Å². The smallest absolute Gasteiger partial charge is 0.346 e. The van der Waals surface area contributed by atoms with E-state index < -0.39 is 23.3 Å². The third-order valence-corrected chi connectivity index (χ3v) is 4.54. The molecule has 1 fully saturated rings. The van der Waals surface area contributed by atoms with Crippen molar-refractivity contribution >= 4 is 11.9 Å². The molecule has 26 heavy (non-hydrogen) atoms. The highest BCUT2D eigenvalue weighted by atomic mass is 19.1. The normalized spacial score (nSPS) is 15.7. The lowest BCUT2D eigenvalue weighted by Crippen LogP contribution is -2.43. The van der Waals surface area contributed by atoms with Crippen LogP contribution in [-0.4, -0.2) is 29.6 Å². The number of aliphatic carboxylic acids is 1. The van der Waals surface area contributed by atoms with Crippen LogP contribution in [0, 0.1) is 11.2 Å². The Morgan fingerprint density at radius 2 is 1.77 bits per heavy atom. The van der Waals surface area contributed by atoms with Crippen LogP contribution in [0.4, 0.5) is 4.39 Å². The van der Waals surface area contributed by atoms with Gasteiger partial charge in [-0.2, -0.15) is 0 Å². The van der Waals surface area contributed by atoms with Crippen molar-refractivity contribution in [3.63, 3.8) is 0 Å². The predicted octanol–water partition coefficient (Wildman–Crippen LogP) is 2.80. The number of benzene rings is 2. The number of carboxylic acid groups (broad SMARTS) is 1. The summed E-state index contributed by atoms with van der Waals surface area (Å²) >= 11 is 0. The van der Waals surface area contributed by atoms with Crippen molar-refractivity contribution in [1.82, 2.24) is 5.32 Å². The Labute approximate surface area is 150 Å². The number of hydrogen-bond acceptors (Lipinski definition) is 3. The number of carbonyl (C=O) groups excluding carboxylic acids is 1. The SMILES string of the molecule is O=C(O)C(CNC(=O)C1(Cc2ccccc2)CC1)Oc1ccc(F)cc1. The Morgan fingerprint density at radius 1 is 1.12 bits per heavy atom. The Hall–Kier alpha value is -2.89. The second-order valence-electron chi connectivity index (χ2n) is 6.55. The highest BCUT2D eigenvalue weighted by Crippen LogP contribution is 2.48. The molecule has 1 saturated carbocycles. The van der Waals surface area contributed by atoms with Gasteiger partial charge >= 0.3 is 5.97 Å². The van der Waals surface area contributed by atoms with Gasteiger partial charge < -0.3 is 15.2 Å². The largest absolute Gasteiger partial charge is 0.478 e. The number of ether oxygens (including phenoxy) is 1. The molecule has 6 heteroatoms. The number of nitrogens with one attached hydrogen (secondary N) is 1. The molecule has 1 atom stereocenters. The first-order chi connectivity index (χ1) is 12.5. The fraction of sp³-hybridized carbons (Fsp3) is 0.300. The molecule has 1 amide bonds. The quantitative estimate of drug-likeness (QED) is 0.762. The van der Waals surface area contributed by atoms with Crippen LogP contribution in [0.15, 0.2) is 54.6 Å². The van der Waals surface area contributed by atoms with Gasteiger partial charge in [-0.3, -0.25) is 4.79 Å². The zero-order chi connectivity index (χ0) is 18.6. The van der Waals surface area contributed by atoms with Crippen LogP contribution < -0.4 is 10.1 Å². The number of halogens is 1. The molecule has 1 unspecified atom stereocenters. The Bertz CT molecular complexity index is 772. The van der Waals surface area contributed by atoms with Gasteiger partial charge in [0.05, 0.1) is 12.0 Å². The van der Waals surface area contributed by atoms with Crippen LogP contribution in [-0.2, 0) is 16.0 Å². The Balaban J connectivity index is 1.57. The van der Waals surface area contributed by atoms with Gasteiger partial charge in [0.15, 0.2) is 0 Å². The molecule has 0 bridgehead atoms. The summed E-state index contributed by atoms with van der Waals surface area (Å²) < 4.78 is 18.3. The molecule has 1 aliphatic carbocycles. The summed E-state index contributed by atoms with van der Waals surface area (Å²) in [6.45, 7) is -0.151. The van der Waals surface area contributed by atoms with Gasteiger partial charge in [0.25, 0.3) is 0 Å². The van der Waals surface area contributed by atoms with Gasteiger partial charge in [-0.15, -0.1) is 0 Å². The Morgan fingerprint density at radius 3 is 2.35 bits per heavy atom. The Kier molecular flexibility index (Phi) is 5.21. The first-order valence-electron chi connectivity index (χ1n) is 8.46. The summed E-state index contributed by atoms with van der Waals surface area (Å²) in [4.78, 5) is 23.9. The summed E-state index contributed by atoms with van der Waals surface area (Å²) in [6, 6.07) is 14.8. The molecule has 2 aromatic rings. The molecule has 2 aromatic carbocycles. The third-order valence-electron chi connectivity index (χ3n) is 4.54. The summed E-state index contributed by atoms with van der Waals surface area (Å²) in [6.07, 6.45) is 0.960. The number of carboxylic acids is 1. The van der Waals surface area contributed by atoms with E-state index in [0.717, 1.165) is 18.4 Å². The second kappa shape index (κ2) is 7.56. The minimum Gasteiger partial charge on any atom is -0.478 e. The molecule has 3 rings (SSSR count). The summed E-state index contributed by atoms with van der Waals surface area (Å²) in [5.41, 5.74) is 0.623. The minimum atomic E-state index is -1.24. The van der Waals surface area contributed by atoms with Gasteiger partial charge in [0, 0.05) is 0 Å². The fourth-order valence-electron chi connectivity index (χ4n) is 2.85. The molecular formula is C20H20FNO4. The molecule has 5 nitrogen and oxygen atoms in total. The van der Waals surface area contributed by atoms with E-state index in [1.54, 1.807) is 0 Å². The van der Waals surface area contributed by atoms with Gasteiger partial charge in [0.1, 0.15) is 11.6 Å². The van der Waals surface area contributed by atoms with E-state index in [0.29, 0.717) is 6.42 Å². The highest BCUT2D eigenvalue weighted by Gasteiger charge is 2.49. The lowest BCUT2D eigenvalue weighted by atomic mass is 9.95. The van der Waals surface area contributed by atoms with Crippen molar-refractivity contribution in [2.75, 3.05) is 6.54 Å². The van der Waals surface area contributed by atoms with Gasteiger partial charge in [-0.25, -0.2) is 9.18 Å². The molecule has 1 aliphatic rings. The van der Waals surface area contributed by atoms with E-state index in [-0.39, 0.29) is 18.2 Å². The van der Waals surface area contributed by atoms with E-state index in [1.807, 2.05) is 30.3 Å². The van der Waals surface area contributed by atoms with Crippen molar-refractivity contribution in [2.45, 2.75) is 25.4 Å². The average molecular weight is 357 g/mol. The fourth-order valence-corrected chi connectivity index (χ4v) is 2.85. The van der Waals surface area contributed by atoms with Crippen molar-refractivity contribution in [3.05, 3.63) is 66.0 Å². The maximum Gasteiger partial charge on any atom is 0.346 e. The van der Waals surface area contributed by atoms with Gasteiger partial charge in [-0.1, -0.05) is 30.3 Å². The van der Waals surface area contributed by atoms with Gasteiger partial charge in [-0.05, 0) is 49.1 Å². The summed E-state index contributed by atoms with van der Waals surface area (Å²) in [5.74, 6) is -1.55. The molecule has 0 aromatic heterocycles. The first kappa shape index (κ1) is 17.9. The van der Waals surface area contributed by atoms with Crippen molar-refractivity contribution in [3.8, 4) is 5.75 Å². The van der Waals surface area contributed by atoms with Crippen molar-refractivity contribution < 1.29 is 23.8 Å². The van der Waals surface area contributed by atoms with Crippen LogP contribution in [0.3, 0.4) is 0 Å². The van der Waals surface area contributed by atoms with E-state index >= 15 is 0 Å². The predicted molar refractivity (Wildman–Crippen MR) is 93.3 cm³/mol. The van der Waals surface area contributed by atoms with Crippen LogP contribution in [0.5, 0.6) is 5.75 Å². The van der Waals surface area contributed by atoms with E-state index in [2.05, 4.69) is 5.32 Å². The third kappa shape index (κ3) is 4.39. The molecule has 0 aliphatic heterocycles. The standard InChI is InChI=1S/C20H20FNO4/c21-15-6-8-16(9-7-15)26-17(18(23)24)13-22-19(25)20(10-11-20)12-14-4-2-1-3-5-14/h1-9,17H,10-13H2,(H,22,25)(H,23,24). The average Bonchev–Trinajstić information content (AvgIpc) is 3.41. The van der Waals surface area contributed by atoms with Crippen molar-refractivity contribution in [2.24, 2.45) is 5.41 Å².